The standard InChI is InChI=1S/2C9H10O3/c2*1-2-12-9-5-7(6-10)3-4-8(9)11/h2*3-6,11H,2H2,1H3. The first-order valence-electron chi connectivity index (χ1n) is 7.37. The van der Waals surface area contributed by atoms with E-state index < -0.39 is 0 Å². The van der Waals surface area contributed by atoms with E-state index in [0.717, 1.165) is 0 Å². The average molecular weight is 332 g/mol. The van der Waals surface area contributed by atoms with Crippen molar-refractivity contribution in [2.24, 2.45) is 0 Å². The van der Waals surface area contributed by atoms with Crippen molar-refractivity contribution in [1.29, 1.82) is 0 Å². The van der Waals surface area contributed by atoms with Gasteiger partial charge in [-0.25, -0.2) is 0 Å². The van der Waals surface area contributed by atoms with E-state index in [-0.39, 0.29) is 11.5 Å². The first-order valence-corrected chi connectivity index (χ1v) is 7.37. The van der Waals surface area contributed by atoms with Crippen LogP contribution in [0.4, 0.5) is 0 Å². The van der Waals surface area contributed by atoms with Crippen LogP contribution in [-0.2, 0) is 0 Å². The van der Waals surface area contributed by atoms with E-state index in [2.05, 4.69) is 0 Å². The highest BCUT2D eigenvalue weighted by atomic mass is 16.5. The van der Waals surface area contributed by atoms with Gasteiger partial charge in [0.15, 0.2) is 23.0 Å². The SMILES string of the molecule is CCOc1cc(C=O)ccc1O.CCOc1cc(C=O)ccc1O. The Morgan fingerprint density at radius 1 is 0.792 bits per heavy atom. The molecule has 0 aliphatic heterocycles. The lowest BCUT2D eigenvalue weighted by molar-refractivity contribution is 0.111. The Morgan fingerprint density at radius 2 is 1.17 bits per heavy atom. The molecule has 24 heavy (non-hydrogen) atoms. The van der Waals surface area contributed by atoms with Crippen molar-refractivity contribution in [2.45, 2.75) is 13.8 Å². The normalized spacial score (nSPS) is 9.42. The molecule has 0 aromatic heterocycles. The molecule has 0 unspecified atom stereocenters. The Bertz CT molecular complexity index is 622. The molecule has 0 amide bonds. The fourth-order valence-electron chi connectivity index (χ4n) is 1.75. The lowest BCUT2D eigenvalue weighted by Crippen LogP contribution is -1.92. The number of carbonyl (C=O) groups excluding carboxylic acids is 2. The molecule has 6 heteroatoms. The molecule has 0 aliphatic rings. The Morgan fingerprint density at radius 3 is 1.46 bits per heavy atom. The minimum Gasteiger partial charge on any atom is -0.504 e. The highest BCUT2D eigenvalue weighted by Gasteiger charge is 2.02. The molecule has 2 aromatic carbocycles. The van der Waals surface area contributed by atoms with Gasteiger partial charge in [0.05, 0.1) is 13.2 Å². The molecule has 2 aromatic rings. The summed E-state index contributed by atoms with van der Waals surface area (Å²) >= 11 is 0. The summed E-state index contributed by atoms with van der Waals surface area (Å²) in [4.78, 5) is 20.7. The van der Waals surface area contributed by atoms with E-state index >= 15 is 0 Å². The second kappa shape index (κ2) is 9.89. The van der Waals surface area contributed by atoms with Gasteiger partial charge in [0.1, 0.15) is 12.6 Å². The smallest absolute Gasteiger partial charge is 0.161 e. The van der Waals surface area contributed by atoms with Gasteiger partial charge in [0.25, 0.3) is 0 Å². The number of benzene rings is 2. The van der Waals surface area contributed by atoms with Gasteiger partial charge in [-0.2, -0.15) is 0 Å². The van der Waals surface area contributed by atoms with Crippen LogP contribution >= 0.6 is 0 Å². The number of aromatic hydroxyl groups is 2. The summed E-state index contributed by atoms with van der Waals surface area (Å²) in [5, 5.41) is 18.4. The van der Waals surface area contributed by atoms with Crippen molar-refractivity contribution in [3.63, 3.8) is 0 Å². The van der Waals surface area contributed by atoms with Gasteiger partial charge in [-0.3, -0.25) is 9.59 Å². The number of rotatable bonds is 6. The Balaban J connectivity index is 0.000000240. The van der Waals surface area contributed by atoms with E-state index in [0.29, 0.717) is 48.4 Å². The van der Waals surface area contributed by atoms with Crippen LogP contribution in [0.3, 0.4) is 0 Å². The van der Waals surface area contributed by atoms with E-state index in [1.807, 2.05) is 13.8 Å². The predicted octanol–water partition coefficient (Wildman–Crippen LogP) is 3.21. The molecule has 0 fully saturated rings. The molecule has 2 N–H and O–H groups in total. The van der Waals surface area contributed by atoms with Crippen LogP contribution < -0.4 is 9.47 Å². The van der Waals surface area contributed by atoms with E-state index in [4.69, 9.17) is 9.47 Å². The number of ether oxygens (including phenoxy) is 2. The number of hydrogen-bond donors (Lipinski definition) is 2. The molecule has 0 spiro atoms. The Kier molecular flexibility index (Phi) is 7.84. The third kappa shape index (κ3) is 5.64. The van der Waals surface area contributed by atoms with Crippen molar-refractivity contribution < 1.29 is 29.3 Å². The molecule has 6 nitrogen and oxygen atoms in total. The molecule has 0 saturated heterocycles. The van der Waals surface area contributed by atoms with Crippen molar-refractivity contribution in [3.8, 4) is 23.0 Å². The third-order valence-corrected chi connectivity index (χ3v) is 2.84. The zero-order valence-electron chi connectivity index (χ0n) is 13.6. The maximum Gasteiger partial charge on any atom is 0.161 e. The second-order valence-electron chi connectivity index (χ2n) is 4.56. The number of carbonyl (C=O) groups is 2. The van der Waals surface area contributed by atoms with E-state index in [9.17, 15) is 19.8 Å². The Hall–Kier alpha value is -3.02. The zero-order chi connectivity index (χ0) is 17.9. The summed E-state index contributed by atoms with van der Waals surface area (Å²) in [5.74, 6) is 0.814. The third-order valence-electron chi connectivity index (χ3n) is 2.84. The Labute approximate surface area is 140 Å². The second-order valence-corrected chi connectivity index (χ2v) is 4.56. The molecule has 0 radical (unpaired) electrons. The van der Waals surface area contributed by atoms with Gasteiger partial charge in [0, 0.05) is 11.1 Å². The molecular weight excluding hydrogens is 312 g/mol. The highest BCUT2D eigenvalue weighted by Crippen LogP contribution is 2.26. The summed E-state index contributed by atoms with van der Waals surface area (Å²) in [6.07, 6.45) is 1.42. The topological polar surface area (TPSA) is 93.1 Å². The van der Waals surface area contributed by atoms with Crippen molar-refractivity contribution >= 4 is 12.6 Å². The number of aldehydes is 2. The van der Waals surface area contributed by atoms with Crippen LogP contribution in [0, 0.1) is 0 Å². The molecule has 0 aliphatic carbocycles. The summed E-state index contributed by atoms with van der Waals surface area (Å²) in [5.41, 5.74) is 0.993. The van der Waals surface area contributed by atoms with Crippen LogP contribution in [0.25, 0.3) is 0 Å². The molecule has 0 saturated carbocycles. The van der Waals surface area contributed by atoms with Gasteiger partial charge in [-0.15, -0.1) is 0 Å². The van der Waals surface area contributed by atoms with Gasteiger partial charge in [-0.05, 0) is 50.2 Å². The number of phenols is 2. The van der Waals surface area contributed by atoms with Crippen LogP contribution in [0.2, 0.25) is 0 Å². The fraction of sp³-hybridized carbons (Fsp3) is 0.222. The monoisotopic (exact) mass is 332 g/mol. The fourth-order valence-corrected chi connectivity index (χ4v) is 1.75. The zero-order valence-corrected chi connectivity index (χ0v) is 13.6. The number of phenolic OH excluding ortho intramolecular Hbond substituents is 2. The first kappa shape index (κ1) is 19.0. The minimum atomic E-state index is 0.0578. The van der Waals surface area contributed by atoms with E-state index in [1.165, 1.54) is 36.4 Å². The van der Waals surface area contributed by atoms with Gasteiger partial charge >= 0.3 is 0 Å². The maximum atomic E-state index is 10.3. The molecule has 2 rings (SSSR count). The number of hydrogen-bond acceptors (Lipinski definition) is 6. The summed E-state index contributed by atoms with van der Waals surface area (Å²) < 4.78 is 10.1. The molecule has 0 heterocycles. The van der Waals surface area contributed by atoms with Crippen LogP contribution in [0.5, 0.6) is 23.0 Å². The summed E-state index contributed by atoms with van der Waals surface area (Å²) in [6.45, 7) is 4.56. The van der Waals surface area contributed by atoms with Crippen LogP contribution in [-0.4, -0.2) is 36.0 Å². The average Bonchev–Trinajstić information content (AvgIpc) is 2.60. The summed E-state index contributed by atoms with van der Waals surface area (Å²) in [7, 11) is 0. The van der Waals surface area contributed by atoms with E-state index in [1.54, 1.807) is 0 Å². The van der Waals surface area contributed by atoms with Gasteiger partial charge in [-0.1, -0.05) is 0 Å². The quantitative estimate of drug-likeness (QED) is 0.789. The summed E-state index contributed by atoms with van der Waals surface area (Å²) in [6, 6.07) is 8.96. The van der Waals surface area contributed by atoms with Gasteiger partial charge < -0.3 is 19.7 Å². The van der Waals surface area contributed by atoms with Crippen molar-refractivity contribution in [2.75, 3.05) is 13.2 Å². The largest absolute Gasteiger partial charge is 0.504 e. The predicted molar refractivity (Wildman–Crippen MR) is 89.3 cm³/mol. The van der Waals surface area contributed by atoms with Crippen LogP contribution in [0.1, 0.15) is 34.6 Å². The minimum absolute atomic E-state index is 0.0578. The molecule has 128 valence electrons. The van der Waals surface area contributed by atoms with Crippen LogP contribution in [0.15, 0.2) is 36.4 Å². The lowest BCUT2D eigenvalue weighted by Gasteiger charge is -2.04. The molecular formula is C18H20O6. The molecule has 0 bridgehead atoms. The first-order chi connectivity index (χ1) is 11.5. The van der Waals surface area contributed by atoms with Crippen molar-refractivity contribution in [1.82, 2.24) is 0 Å². The molecule has 0 atom stereocenters. The van der Waals surface area contributed by atoms with Gasteiger partial charge in [0.2, 0.25) is 0 Å². The maximum absolute atomic E-state index is 10.3. The van der Waals surface area contributed by atoms with Crippen molar-refractivity contribution in [3.05, 3.63) is 47.5 Å². The lowest BCUT2D eigenvalue weighted by atomic mass is 10.2. The highest BCUT2D eigenvalue weighted by molar-refractivity contribution is 5.76.